The molecule has 0 saturated heterocycles. The molecule has 1 amide bonds. The number of nitrogens with zero attached hydrogens (tertiary/aromatic N) is 2. The first-order valence-corrected chi connectivity index (χ1v) is 6.31. The molecule has 0 saturated carbocycles. The maximum atomic E-state index is 11.6. The molecule has 0 bridgehead atoms. The van der Waals surface area contributed by atoms with Crippen LogP contribution in [-0.4, -0.2) is 22.0 Å². The van der Waals surface area contributed by atoms with Crippen LogP contribution < -0.4 is 5.32 Å². The van der Waals surface area contributed by atoms with Crippen LogP contribution in [0.2, 0.25) is 0 Å². The molecule has 1 aromatic carbocycles. The van der Waals surface area contributed by atoms with Crippen LogP contribution in [0.3, 0.4) is 0 Å². The summed E-state index contributed by atoms with van der Waals surface area (Å²) in [7, 11) is 0. The zero-order valence-electron chi connectivity index (χ0n) is 10.7. The molecule has 19 heavy (non-hydrogen) atoms. The summed E-state index contributed by atoms with van der Waals surface area (Å²) >= 11 is 0. The quantitative estimate of drug-likeness (QED) is 0.634. The minimum absolute atomic E-state index is 0.0607. The first kappa shape index (κ1) is 13.1. The van der Waals surface area contributed by atoms with Gasteiger partial charge in [-0.05, 0) is 18.1 Å². The van der Waals surface area contributed by atoms with Gasteiger partial charge in [-0.2, -0.15) is 0 Å². The fourth-order valence-corrected chi connectivity index (χ4v) is 1.69. The van der Waals surface area contributed by atoms with Crippen LogP contribution in [0.4, 0.5) is 0 Å². The Morgan fingerprint density at radius 2 is 2.16 bits per heavy atom. The third-order valence-electron chi connectivity index (χ3n) is 2.68. The summed E-state index contributed by atoms with van der Waals surface area (Å²) < 4.78 is 1.99. The van der Waals surface area contributed by atoms with Gasteiger partial charge < -0.3 is 9.88 Å². The number of benzene rings is 1. The Bertz CT molecular complexity index is 518. The van der Waals surface area contributed by atoms with Crippen molar-refractivity contribution < 1.29 is 4.79 Å². The highest BCUT2D eigenvalue weighted by molar-refractivity contribution is 5.91. The highest BCUT2D eigenvalue weighted by Gasteiger charge is 1.95. The van der Waals surface area contributed by atoms with Crippen molar-refractivity contribution in [2.45, 2.75) is 13.0 Å². The summed E-state index contributed by atoms with van der Waals surface area (Å²) in [4.78, 5) is 15.5. The number of nitrogens with one attached hydrogen (secondary N) is 1. The van der Waals surface area contributed by atoms with Crippen LogP contribution in [0.1, 0.15) is 12.0 Å². The Balaban J connectivity index is 1.66. The Morgan fingerprint density at radius 1 is 1.32 bits per heavy atom. The molecule has 2 aromatic rings. The van der Waals surface area contributed by atoms with Gasteiger partial charge in [-0.25, -0.2) is 4.98 Å². The monoisotopic (exact) mass is 255 g/mol. The number of rotatable bonds is 6. The molecule has 0 spiro atoms. The smallest absolute Gasteiger partial charge is 0.244 e. The third-order valence-corrected chi connectivity index (χ3v) is 2.68. The van der Waals surface area contributed by atoms with E-state index in [1.165, 1.54) is 0 Å². The maximum absolute atomic E-state index is 11.6. The molecule has 0 atom stereocenters. The lowest BCUT2D eigenvalue weighted by molar-refractivity contribution is -0.116. The first-order chi connectivity index (χ1) is 9.34. The van der Waals surface area contributed by atoms with E-state index in [1.807, 2.05) is 47.2 Å². The fraction of sp³-hybridized carbons (Fsp3) is 0.200. The average Bonchev–Trinajstić information content (AvgIpc) is 2.96. The second kappa shape index (κ2) is 7.16. The highest BCUT2D eigenvalue weighted by atomic mass is 16.1. The van der Waals surface area contributed by atoms with Crippen molar-refractivity contribution in [3.8, 4) is 0 Å². The van der Waals surface area contributed by atoms with Crippen molar-refractivity contribution in [3.05, 3.63) is 60.7 Å². The van der Waals surface area contributed by atoms with Crippen molar-refractivity contribution in [1.29, 1.82) is 0 Å². The van der Waals surface area contributed by atoms with Gasteiger partial charge in [-0.3, -0.25) is 4.79 Å². The Hall–Kier alpha value is -2.36. The van der Waals surface area contributed by atoms with Crippen molar-refractivity contribution >= 4 is 12.0 Å². The van der Waals surface area contributed by atoms with Crippen molar-refractivity contribution in [2.75, 3.05) is 6.54 Å². The molecule has 0 aliphatic heterocycles. The van der Waals surface area contributed by atoms with Gasteiger partial charge in [-0.15, -0.1) is 0 Å². The molecule has 98 valence electrons. The number of carbonyl (C=O) groups is 1. The zero-order valence-corrected chi connectivity index (χ0v) is 10.7. The van der Waals surface area contributed by atoms with Crippen molar-refractivity contribution in [3.63, 3.8) is 0 Å². The Labute approximate surface area is 112 Å². The summed E-state index contributed by atoms with van der Waals surface area (Å²) in [6.07, 6.45) is 9.70. The predicted octanol–water partition coefficient (Wildman–Crippen LogP) is 2.10. The van der Waals surface area contributed by atoms with E-state index in [-0.39, 0.29) is 5.91 Å². The van der Waals surface area contributed by atoms with Crippen LogP contribution in [0.15, 0.2) is 55.1 Å². The van der Waals surface area contributed by atoms with Crippen LogP contribution in [0.25, 0.3) is 6.08 Å². The molecule has 1 aromatic heterocycles. The molecule has 0 unspecified atom stereocenters. The van der Waals surface area contributed by atoms with Gasteiger partial charge in [-0.1, -0.05) is 30.3 Å². The lowest BCUT2D eigenvalue weighted by atomic mass is 10.2. The number of imidazole rings is 1. The molecule has 0 fully saturated rings. The summed E-state index contributed by atoms with van der Waals surface area (Å²) in [6, 6.07) is 9.77. The average molecular weight is 255 g/mol. The largest absolute Gasteiger partial charge is 0.352 e. The lowest BCUT2D eigenvalue weighted by Gasteiger charge is -2.03. The SMILES string of the molecule is O=C(/C=C/c1ccccc1)NCCCn1ccnc1. The summed E-state index contributed by atoms with van der Waals surface area (Å²) in [5.74, 6) is -0.0607. The van der Waals surface area contributed by atoms with E-state index < -0.39 is 0 Å². The molecular formula is C15H17N3O. The van der Waals surface area contributed by atoms with Crippen LogP contribution in [0.5, 0.6) is 0 Å². The second-order valence-corrected chi connectivity index (χ2v) is 4.19. The summed E-state index contributed by atoms with van der Waals surface area (Å²) in [5, 5.41) is 2.86. The molecule has 0 radical (unpaired) electrons. The van der Waals surface area contributed by atoms with Gasteiger partial charge in [0.05, 0.1) is 6.33 Å². The molecular weight excluding hydrogens is 238 g/mol. The maximum Gasteiger partial charge on any atom is 0.244 e. The molecule has 2 rings (SSSR count). The Kier molecular flexibility index (Phi) is 4.93. The topological polar surface area (TPSA) is 46.9 Å². The number of carbonyl (C=O) groups excluding carboxylic acids is 1. The van der Waals surface area contributed by atoms with Gasteiger partial charge in [0.2, 0.25) is 5.91 Å². The van der Waals surface area contributed by atoms with Gasteiger partial charge in [0.25, 0.3) is 0 Å². The minimum atomic E-state index is -0.0607. The molecule has 1 heterocycles. The van der Waals surface area contributed by atoms with Gasteiger partial charge in [0.1, 0.15) is 0 Å². The van der Waals surface area contributed by atoms with Crippen molar-refractivity contribution in [1.82, 2.24) is 14.9 Å². The first-order valence-electron chi connectivity index (χ1n) is 6.31. The van der Waals surface area contributed by atoms with E-state index in [0.29, 0.717) is 6.54 Å². The molecule has 4 heteroatoms. The second-order valence-electron chi connectivity index (χ2n) is 4.19. The van der Waals surface area contributed by atoms with Crippen molar-refractivity contribution in [2.24, 2.45) is 0 Å². The van der Waals surface area contributed by atoms with E-state index in [0.717, 1.165) is 18.5 Å². The fourth-order valence-electron chi connectivity index (χ4n) is 1.69. The lowest BCUT2D eigenvalue weighted by Crippen LogP contribution is -2.22. The van der Waals surface area contributed by atoms with E-state index in [4.69, 9.17) is 0 Å². The van der Waals surface area contributed by atoms with E-state index in [2.05, 4.69) is 10.3 Å². The van der Waals surface area contributed by atoms with Gasteiger partial charge in [0, 0.05) is 31.6 Å². The highest BCUT2D eigenvalue weighted by Crippen LogP contribution is 2.00. The zero-order chi connectivity index (χ0) is 13.3. The van der Waals surface area contributed by atoms with Crippen LogP contribution in [0, 0.1) is 0 Å². The normalized spacial score (nSPS) is 10.7. The molecule has 4 nitrogen and oxygen atoms in total. The van der Waals surface area contributed by atoms with Gasteiger partial charge in [0.15, 0.2) is 0 Å². The minimum Gasteiger partial charge on any atom is -0.352 e. The number of amides is 1. The predicted molar refractivity (Wildman–Crippen MR) is 75.3 cm³/mol. The number of aryl methyl sites for hydroxylation is 1. The molecule has 0 aliphatic carbocycles. The number of hydrogen-bond acceptors (Lipinski definition) is 2. The Morgan fingerprint density at radius 3 is 2.89 bits per heavy atom. The van der Waals surface area contributed by atoms with E-state index in [1.54, 1.807) is 18.6 Å². The standard InChI is InChI=1S/C15H17N3O/c19-15(8-7-14-5-2-1-3-6-14)17-9-4-11-18-12-10-16-13-18/h1-3,5-8,10,12-13H,4,9,11H2,(H,17,19)/b8-7+. The third kappa shape index (κ3) is 4.79. The number of aromatic nitrogens is 2. The molecule has 0 aliphatic rings. The van der Waals surface area contributed by atoms with Gasteiger partial charge >= 0.3 is 0 Å². The number of hydrogen-bond donors (Lipinski definition) is 1. The van der Waals surface area contributed by atoms with E-state index >= 15 is 0 Å². The van der Waals surface area contributed by atoms with Crippen LogP contribution >= 0.6 is 0 Å². The summed E-state index contributed by atoms with van der Waals surface area (Å²) in [5.41, 5.74) is 1.02. The van der Waals surface area contributed by atoms with Crippen LogP contribution in [-0.2, 0) is 11.3 Å². The van der Waals surface area contributed by atoms with E-state index in [9.17, 15) is 4.79 Å². The molecule has 1 N–H and O–H groups in total. The summed E-state index contributed by atoms with van der Waals surface area (Å²) in [6.45, 7) is 1.53.